The molecule has 0 bridgehead atoms. The molecular weight excluding hydrogens is 231 g/mol. The first kappa shape index (κ1) is 13.5. The number of rotatable bonds is 4. The van der Waals surface area contributed by atoms with E-state index in [0.29, 0.717) is 0 Å². The maximum atomic E-state index is 12.9. The Morgan fingerprint density at radius 2 is 2.17 bits per heavy atom. The van der Waals surface area contributed by atoms with Crippen LogP contribution in [-0.4, -0.2) is 50.8 Å². The smallest absolute Gasteiger partial charge is 0.123 e. The van der Waals surface area contributed by atoms with Crippen molar-refractivity contribution in [3.63, 3.8) is 0 Å². The Hall–Kier alpha value is -0.970. The molecule has 1 fully saturated rings. The third-order valence-electron chi connectivity index (χ3n) is 3.49. The van der Waals surface area contributed by atoms with Gasteiger partial charge in [-0.2, -0.15) is 0 Å². The van der Waals surface area contributed by atoms with Gasteiger partial charge in [-0.15, -0.1) is 0 Å². The van der Waals surface area contributed by atoms with E-state index >= 15 is 0 Å². The Morgan fingerprint density at radius 1 is 1.44 bits per heavy atom. The van der Waals surface area contributed by atoms with Crippen molar-refractivity contribution < 1.29 is 9.13 Å². The molecule has 0 spiro atoms. The Morgan fingerprint density at radius 3 is 2.78 bits per heavy atom. The molecule has 1 aromatic rings. The second-order valence-electron chi connectivity index (χ2n) is 4.90. The average Bonchev–Trinajstić information content (AvgIpc) is 2.38. The highest BCUT2D eigenvalue weighted by atomic mass is 19.1. The van der Waals surface area contributed by atoms with E-state index in [1.54, 1.807) is 0 Å². The summed E-state index contributed by atoms with van der Waals surface area (Å²) in [7, 11) is 4.06. The number of likely N-dealkylation sites (N-methyl/N-ethyl adjacent to an activating group) is 2. The van der Waals surface area contributed by atoms with Crippen LogP contribution in [0.3, 0.4) is 0 Å². The number of benzene rings is 1. The van der Waals surface area contributed by atoms with Crippen molar-refractivity contribution in [2.75, 3.05) is 33.8 Å². The molecule has 0 aliphatic carbocycles. The summed E-state index contributed by atoms with van der Waals surface area (Å²) in [6.07, 6.45) is 1.05. The third-order valence-corrected chi connectivity index (χ3v) is 3.49. The summed E-state index contributed by atoms with van der Waals surface area (Å²) < 4.78 is 18.7. The van der Waals surface area contributed by atoms with Crippen molar-refractivity contribution in [1.82, 2.24) is 10.2 Å². The van der Waals surface area contributed by atoms with Gasteiger partial charge in [-0.1, -0.05) is 12.1 Å². The molecule has 2 rings (SSSR count). The molecule has 3 nitrogen and oxygen atoms in total. The van der Waals surface area contributed by atoms with Crippen LogP contribution in [0.4, 0.5) is 4.39 Å². The molecule has 1 aliphatic rings. The van der Waals surface area contributed by atoms with E-state index in [1.807, 2.05) is 19.2 Å². The van der Waals surface area contributed by atoms with Crippen LogP contribution in [0.25, 0.3) is 0 Å². The predicted octanol–water partition coefficient (Wildman–Crippen LogP) is 1.29. The summed E-state index contributed by atoms with van der Waals surface area (Å²) in [6.45, 7) is 2.71. The largest absolute Gasteiger partial charge is 0.374 e. The maximum Gasteiger partial charge on any atom is 0.123 e. The number of hydrogen-bond donors (Lipinski definition) is 1. The molecule has 18 heavy (non-hydrogen) atoms. The number of nitrogens with one attached hydrogen (secondary N) is 1. The fraction of sp³-hybridized carbons (Fsp3) is 0.571. The van der Waals surface area contributed by atoms with E-state index < -0.39 is 0 Å². The lowest BCUT2D eigenvalue weighted by molar-refractivity contribution is -0.0372. The molecule has 2 atom stereocenters. The van der Waals surface area contributed by atoms with Gasteiger partial charge in [-0.05, 0) is 38.2 Å². The number of hydrogen-bond acceptors (Lipinski definition) is 3. The molecular formula is C14H21FN2O. The first-order valence-corrected chi connectivity index (χ1v) is 6.41. The van der Waals surface area contributed by atoms with Gasteiger partial charge in [-0.3, -0.25) is 0 Å². The highest BCUT2D eigenvalue weighted by molar-refractivity contribution is 5.17. The summed E-state index contributed by atoms with van der Waals surface area (Å²) in [6, 6.07) is 6.96. The molecule has 2 unspecified atom stereocenters. The summed E-state index contributed by atoms with van der Waals surface area (Å²) in [4.78, 5) is 2.28. The lowest BCUT2D eigenvalue weighted by Gasteiger charge is -2.35. The zero-order chi connectivity index (χ0) is 13.0. The molecule has 1 saturated heterocycles. The van der Waals surface area contributed by atoms with Crippen LogP contribution in [-0.2, 0) is 11.2 Å². The zero-order valence-electron chi connectivity index (χ0n) is 11.0. The SMILES string of the molecule is CNC(Cc1ccc(F)cc1)C1CN(C)CCO1. The van der Waals surface area contributed by atoms with Crippen molar-refractivity contribution >= 4 is 0 Å². The van der Waals surface area contributed by atoms with Crippen molar-refractivity contribution in [1.29, 1.82) is 0 Å². The monoisotopic (exact) mass is 252 g/mol. The van der Waals surface area contributed by atoms with Crippen LogP contribution >= 0.6 is 0 Å². The van der Waals surface area contributed by atoms with Crippen LogP contribution < -0.4 is 5.32 Å². The fourth-order valence-corrected chi connectivity index (χ4v) is 2.35. The minimum atomic E-state index is -0.187. The quantitative estimate of drug-likeness (QED) is 0.874. The van der Waals surface area contributed by atoms with Gasteiger partial charge in [0, 0.05) is 19.1 Å². The molecule has 1 aromatic carbocycles. The Balaban J connectivity index is 1.98. The topological polar surface area (TPSA) is 24.5 Å². The fourth-order valence-electron chi connectivity index (χ4n) is 2.35. The Labute approximate surface area is 108 Å². The number of ether oxygens (including phenoxy) is 1. The minimum absolute atomic E-state index is 0.187. The average molecular weight is 252 g/mol. The molecule has 1 N–H and O–H groups in total. The molecule has 1 heterocycles. The normalized spacial score (nSPS) is 22.9. The molecule has 0 saturated carbocycles. The standard InChI is InChI=1S/C14H21FN2O/c1-16-13(14-10-17(2)7-8-18-14)9-11-3-5-12(15)6-4-11/h3-6,13-14,16H,7-10H2,1-2H3. The Bertz CT molecular complexity index is 369. The summed E-state index contributed by atoms with van der Waals surface area (Å²) in [5.74, 6) is -0.187. The van der Waals surface area contributed by atoms with Gasteiger partial charge in [-0.25, -0.2) is 4.39 Å². The van der Waals surface area contributed by atoms with E-state index in [-0.39, 0.29) is 18.0 Å². The van der Waals surface area contributed by atoms with Gasteiger partial charge in [0.15, 0.2) is 0 Å². The highest BCUT2D eigenvalue weighted by Gasteiger charge is 2.25. The highest BCUT2D eigenvalue weighted by Crippen LogP contribution is 2.13. The van der Waals surface area contributed by atoms with Crippen LogP contribution in [0.15, 0.2) is 24.3 Å². The van der Waals surface area contributed by atoms with E-state index in [2.05, 4.69) is 17.3 Å². The molecule has 0 aromatic heterocycles. The number of morpholine rings is 1. The van der Waals surface area contributed by atoms with Gasteiger partial charge in [0.1, 0.15) is 5.82 Å². The zero-order valence-corrected chi connectivity index (χ0v) is 11.0. The van der Waals surface area contributed by atoms with Crippen LogP contribution in [0.2, 0.25) is 0 Å². The number of halogens is 1. The van der Waals surface area contributed by atoms with Gasteiger partial charge in [0.2, 0.25) is 0 Å². The van der Waals surface area contributed by atoms with Crippen molar-refractivity contribution in [2.45, 2.75) is 18.6 Å². The van der Waals surface area contributed by atoms with E-state index in [4.69, 9.17) is 4.74 Å². The third kappa shape index (κ3) is 3.51. The van der Waals surface area contributed by atoms with E-state index in [1.165, 1.54) is 12.1 Å². The van der Waals surface area contributed by atoms with Crippen LogP contribution in [0.5, 0.6) is 0 Å². The van der Waals surface area contributed by atoms with Crippen molar-refractivity contribution in [3.05, 3.63) is 35.6 Å². The second-order valence-corrected chi connectivity index (χ2v) is 4.90. The van der Waals surface area contributed by atoms with Gasteiger partial charge in [0.25, 0.3) is 0 Å². The van der Waals surface area contributed by atoms with Gasteiger partial charge in [0.05, 0.1) is 12.7 Å². The number of nitrogens with zero attached hydrogens (tertiary/aromatic N) is 1. The summed E-state index contributed by atoms with van der Waals surface area (Å²) in [5, 5.41) is 3.31. The van der Waals surface area contributed by atoms with Crippen LogP contribution in [0, 0.1) is 5.82 Å². The second kappa shape index (κ2) is 6.27. The van der Waals surface area contributed by atoms with Gasteiger partial charge < -0.3 is 15.0 Å². The van der Waals surface area contributed by atoms with Crippen molar-refractivity contribution in [3.8, 4) is 0 Å². The van der Waals surface area contributed by atoms with E-state index in [0.717, 1.165) is 31.7 Å². The van der Waals surface area contributed by atoms with Crippen molar-refractivity contribution in [2.24, 2.45) is 0 Å². The maximum absolute atomic E-state index is 12.9. The molecule has 0 amide bonds. The summed E-state index contributed by atoms with van der Waals surface area (Å²) in [5.41, 5.74) is 1.13. The molecule has 0 radical (unpaired) electrons. The molecule has 4 heteroatoms. The van der Waals surface area contributed by atoms with E-state index in [9.17, 15) is 4.39 Å². The Kier molecular flexibility index (Phi) is 4.69. The lowest BCUT2D eigenvalue weighted by atomic mass is 10.0. The van der Waals surface area contributed by atoms with Gasteiger partial charge >= 0.3 is 0 Å². The summed E-state index contributed by atoms with van der Waals surface area (Å²) >= 11 is 0. The van der Waals surface area contributed by atoms with Crippen LogP contribution in [0.1, 0.15) is 5.56 Å². The minimum Gasteiger partial charge on any atom is -0.374 e. The lowest BCUT2D eigenvalue weighted by Crippen LogP contribution is -2.51. The molecule has 100 valence electrons. The predicted molar refractivity (Wildman–Crippen MR) is 70.2 cm³/mol. The molecule has 1 aliphatic heterocycles. The first-order valence-electron chi connectivity index (χ1n) is 6.41. The first-order chi connectivity index (χ1) is 8.69.